The summed E-state index contributed by atoms with van der Waals surface area (Å²) in [5.41, 5.74) is 1.85. The predicted molar refractivity (Wildman–Crippen MR) is 117 cm³/mol. The lowest BCUT2D eigenvalue weighted by atomic mass is 9.99. The van der Waals surface area contributed by atoms with Crippen LogP contribution >= 0.6 is 0 Å². The molecule has 0 spiro atoms. The number of hydrogen-bond acceptors (Lipinski definition) is 5. The Labute approximate surface area is 177 Å². The van der Waals surface area contributed by atoms with Gasteiger partial charge in [0, 0.05) is 23.1 Å². The van der Waals surface area contributed by atoms with Crippen molar-refractivity contribution in [2.24, 2.45) is 5.92 Å². The van der Waals surface area contributed by atoms with Crippen molar-refractivity contribution in [1.82, 2.24) is 25.0 Å². The highest BCUT2D eigenvalue weighted by Gasteiger charge is 2.20. The van der Waals surface area contributed by atoms with Crippen LogP contribution in [0.5, 0.6) is 0 Å². The van der Waals surface area contributed by atoms with Crippen LogP contribution in [0.2, 0.25) is 0 Å². The molecule has 1 aliphatic heterocycles. The van der Waals surface area contributed by atoms with E-state index in [1.54, 1.807) is 0 Å². The minimum Gasteiger partial charge on any atom is -0.419 e. The number of benzene rings is 1. The number of piperidine rings is 1. The summed E-state index contributed by atoms with van der Waals surface area (Å²) in [7, 11) is 0. The van der Waals surface area contributed by atoms with E-state index in [4.69, 9.17) is 4.42 Å². The molecule has 30 heavy (non-hydrogen) atoms. The van der Waals surface area contributed by atoms with Gasteiger partial charge in [0.2, 0.25) is 17.7 Å². The average molecular weight is 410 g/mol. The summed E-state index contributed by atoms with van der Waals surface area (Å²) in [4.78, 5) is 14.8. The van der Waals surface area contributed by atoms with Crippen LogP contribution in [0.3, 0.4) is 0 Å². The highest BCUT2D eigenvalue weighted by atomic mass is 16.4. The molecule has 4 rings (SSSR count). The number of fused-ring (bicyclic) bond motifs is 1. The third-order valence-electron chi connectivity index (χ3n) is 6.05. The molecule has 1 amide bonds. The van der Waals surface area contributed by atoms with Crippen molar-refractivity contribution < 1.29 is 9.21 Å². The molecule has 3 aromatic rings. The van der Waals surface area contributed by atoms with Crippen LogP contribution in [-0.4, -0.2) is 44.7 Å². The first-order chi connectivity index (χ1) is 14.5. The second-order valence-corrected chi connectivity index (χ2v) is 8.52. The van der Waals surface area contributed by atoms with Crippen molar-refractivity contribution in [2.45, 2.75) is 59.2 Å². The maximum atomic E-state index is 12.4. The van der Waals surface area contributed by atoms with Gasteiger partial charge in [-0.2, -0.15) is 0 Å². The number of likely N-dealkylation sites (tertiary alicyclic amines) is 1. The number of nitrogens with zero attached hydrogens (tertiary/aromatic N) is 4. The van der Waals surface area contributed by atoms with E-state index in [0.29, 0.717) is 18.3 Å². The Bertz CT molecular complexity index is 1000. The lowest BCUT2D eigenvalue weighted by Gasteiger charge is -2.28. The maximum absolute atomic E-state index is 12.4. The Kier molecular flexibility index (Phi) is 6.18. The van der Waals surface area contributed by atoms with Gasteiger partial charge in [0.05, 0.1) is 12.1 Å². The largest absolute Gasteiger partial charge is 0.419 e. The monoisotopic (exact) mass is 409 g/mol. The zero-order valence-corrected chi connectivity index (χ0v) is 18.1. The number of nitrogens with one attached hydrogen (secondary N) is 1. The minimum absolute atomic E-state index is 0.00204. The van der Waals surface area contributed by atoms with Gasteiger partial charge in [0.1, 0.15) is 6.54 Å². The zero-order chi connectivity index (χ0) is 21.1. The zero-order valence-electron chi connectivity index (χ0n) is 18.1. The van der Waals surface area contributed by atoms with E-state index < -0.39 is 0 Å². The van der Waals surface area contributed by atoms with Gasteiger partial charge in [-0.1, -0.05) is 32.0 Å². The second kappa shape index (κ2) is 9.00. The van der Waals surface area contributed by atoms with Gasteiger partial charge in [-0.05, 0) is 51.3 Å². The van der Waals surface area contributed by atoms with Crippen LogP contribution in [0.4, 0.5) is 0 Å². The smallest absolute Gasteiger partial charge is 0.249 e. The van der Waals surface area contributed by atoms with Crippen molar-refractivity contribution in [2.75, 3.05) is 13.1 Å². The summed E-state index contributed by atoms with van der Waals surface area (Å²) in [5, 5.41) is 12.6. The molecule has 0 radical (unpaired) electrons. The molecular weight excluding hydrogens is 378 g/mol. The van der Waals surface area contributed by atoms with Gasteiger partial charge in [-0.25, -0.2) is 0 Å². The fraction of sp³-hybridized carbons (Fsp3) is 0.522. The molecule has 3 heterocycles. The molecule has 7 heteroatoms. The number of rotatable bonds is 7. The molecule has 0 aliphatic carbocycles. The summed E-state index contributed by atoms with van der Waals surface area (Å²) in [6, 6.07) is 8.17. The third kappa shape index (κ3) is 4.56. The fourth-order valence-corrected chi connectivity index (χ4v) is 3.96. The maximum Gasteiger partial charge on any atom is 0.249 e. The Morgan fingerprint density at radius 1 is 1.27 bits per heavy atom. The molecule has 0 bridgehead atoms. The topological polar surface area (TPSA) is 76.2 Å². The van der Waals surface area contributed by atoms with Crippen molar-refractivity contribution in [3.8, 4) is 11.5 Å². The van der Waals surface area contributed by atoms with Gasteiger partial charge < -0.3 is 14.3 Å². The van der Waals surface area contributed by atoms with E-state index in [0.717, 1.165) is 41.9 Å². The third-order valence-corrected chi connectivity index (χ3v) is 6.05. The summed E-state index contributed by atoms with van der Waals surface area (Å²) in [6.45, 7) is 9.48. The van der Waals surface area contributed by atoms with Crippen molar-refractivity contribution >= 4 is 16.8 Å². The highest BCUT2D eigenvalue weighted by Crippen LogP contribution is 2.30. The number of carbonyl (C=O) groups excluding carboxylic acids is 1. The van der Waals surface area contributed by atoms with Gasteiger partial charge in [0.15, 0.2) is 0 Å². The van der Waals surface area contributed by atoms with Crippen LogP contribution in [-0.2, 0) is 17.9 Å². The normalized spacial score (nSPS) is 16.8. The van der Waals surface area contributed by atoms with Gasteiger partial charge in [0.25, 0.3) is 0 Å². The Morgan fingerprint density at radius 2 is 2.03 bits per heavy atom. The number of para-hydroxylation sites is 1. The summed E-state index contributed by atoms with van der Waals surface area (Å²) >= 11 is 0. The quantitative estimate of drug-likeness (QED) is 0.642. The standard InChI is InChI=1S/C23H31N5O2/c1-4-17(3)24-21(29)14-28-13-19(18-7-5-6-8-20(18)28)23-26-25-22(30-23)15-27-11-9-16(2)10-12-27/h5-8,13,16-17H,4,9-12,14-15H2,1-3H3,(H,24,29)/t17-/m1/s1. The lowest BCUT2D eigenvalue weighted by molar-refractivity contribution is -0.122. The number of aromatic nitrogens is 3. The van der Waals surface area contributed by atoms with E-state index in [-0.39, 0.29) is 18.5 Å². The van der Waals surface area contributed by atoms with E-state index in [1.165, 1.54) is 12.8 Å². The summed E-state index contributed by atoms with van der Waals surface area (Å²) in [6.07, 6.45) is 5.28. The average Bonchev–Trinajstić information content (AvgIpc) is 3.34. The Balaban J connectivity index is 1.54. The van der Waals surface area contributed by atoms with E-state index in [2.05, 4.69) is 34.3 Å². The Morgan fingerprint density at radius 3 is 2.80 bits per heavy atom. The number of amides is 1. The first-order valence-electron chi connectivity index (χ1n) is 11.0. The highest BCUT2D eigenvalue weighted by molar-refractivity contribution is 5.94. The molecule has 1 fully saturated rings. The molecule has 7 nitrogen and oxygen atoms in total. The van der Waals surface area contributed by atoms with Gasteiger partial charge in [-0.15, -0.1) is 10.2 Å². The van der Waals surface area contributed by atoms with Crippen molar-refractivity contribution in [3.63, 3.8) is 0 Å². The van der Waals surface area contributed by atoms with Crippen LogP contribution < -0.4 is 5.32 Å². The van der Waals surface area contributed by atoms with Crippen LogP contribution in [0.25, 0.3) is 22.4 Å². The SMILES string of the molecule is CC[C@@H](C)NC(=O)Cn1cc(-c2nnc(CN3CCC(C)CC3)o2)c2ccccc21. The van der Waals surface area contributed by atoms with E-state index in [9.17, 15) is 4.79 Å². The van der Waals surface area contributed by atoms with Gasteiger partial charge in [-0.3, -0.25) is 9.69 Å². The predicted octanol–water partition coefficient (Wildman–Crippen LogP) is 3.84. The molecule has 1 aliphatic rings. The van der Waals surface area contributed by atoms with Gasteiger partial charge >= 0.3 is 0 Å². The number of hydrogen-bond donors (Lipinski definition) is 1. The van der Waals surface area contributed by atoms with Crippen molar-refractivity contribution in [3.05, 3.63) is 36.4 Å². The summed E-state index contributed by atoms with van der Waals surface area (Å²) in [5.74, 6) is 1.95. The summed E-state index contributed by atoms with van der Waals surface area (Å²) < 4.78 is 7.99. The molecule has 0 saturated carbocycles. The first-order valence-corrected chi connectivity index (χ1v) is 11.0. The van der Waals surface area contributed by atoms with E-state index in [1.807, 2.05) is 42.0 Å². The molecule has 1 aromatic carbocycles. The number of carbonyl (C=O) groups is 1. The molecular formula is C23H31N5O2. The minimum atomic E-state index is 0.00204. The fourth-order valence-electron chi connectivity index (χ4n) is 3.96. The molecule has 0 unspecified atom stereocenters. The lowest BCUT2D eigenvalue weighted by Crippen LogP contribution is -2.34. The van der Waals surface area contributed by atoms with Crippen molar-refractivity contribution in [1.29, 1.82) is 0 Å². The first kappa shape index (κ1) is 20.6. The second-order valence-electron chi connectivity index (χ2n) is 8.52. The molecule has 160 valence electrons. The van der Waals surface area contributed by atoms with Crippen LogP contribution in [0.1, 0.15) is 45.9 Å². The Hall–Kier alpha value is -2.67. The van der Waals surface area contributed by atoms with E-state index >= 15 is 0 Å². The van der Waals surface area contributed by atoms with Crippen LogP contribution in [0, 0.1) is 5.92 Å². The van der Waals surface area contributed by atoms with Crippen LogP contribution in [0.15, 0.2) is 34.9 Å². The molecule has 1 N–H and O–H groups in total. The molecule has 1 atom stereocenters. The molecule has 1 saturated heterocycles. The molecule has 2 aromatic heterocycles.